The molecule has 9 rings (SSSR count). The number of aromatic nitrogens is 4. The molecule has 4 aliphatic rings. The van der Waals surface area contributed by atoms with Crippen LogP contribution in [0.25, 0.3) is 44.7 Å². The Morgan fingerprint density at radius 1 is 0.745 bits per heavy atom. The number of pyridine rings is 2. The molecule has 266 valence electrons. The minimum Gasteiger partial charge on any atom is -0.487 e. The van der Waals surface area contributed by atoms with Gasteiger partial charge in [0.05, 0.1) is 33.9 Å². The van der Waals surface area contributed by atoms with Crippen molar-refractivity contribution in [2.45, 2.75) is 38.9 Å². The average Bonchev–Trinajstić information content (AvgIpc) is 3.60. The van der Waals surface area contributed by atoms with Crippen molar-refractivity contribution < 1.29 is 22.7 Å². The van der Waals surface area contributed by atoms with Crippen LogP contribution in [0.1, 0.15) is 32.9 Å². The third kappa shape index (κ3) is 4.92. The van der Waals surface area contributed by atoms with E-state index in [1.54, 1.807) is 12.4 Å². The monoisotopic (exact) mass is 700 g/mol. The van der Waals surface area contributed by atoms with Gasteiger partial charge in [0.15, 0.2) is 23.1 Å². The lowest BCUT2D eigenvalue weighted by Gasteiger charge is -2.37. The van der Waals surface area contributed by atoms with Crippen LogP contribution in [-0.2, 0) is 0 Å². The van der Waals surface area contributed by atoms with Gasteiger partial charge in [0.1, 0.15) is 35.7 Å². The second-order valence-electron chi connectivity index (χ2n) is 14.2. The van der Waals surface area contributed by atoms with Gasteiger partial charge in [-0.3, -0.25) is 9.59 Å². The fourth-order valence-corrected chi connectivity index (χ4v) is 7.92. The largest absolute Gasteiger partial charge is 0.487 e. The molecule has 0 saturated carbocycles. The van der Waals surface area contributed by atoms with Crippen LogP contribution < -0.4 is 35.4 Å². The zero-order valence-electron chi connectivity index (χ0n) is 28.8. The van der Waals surface area contributed by atoms with E-state index in [2.05, 4.69) is 20.4 Å². The predicted octanol–water partition coefficient (Wildman–Crippen LogP) is 3.77. The third-order valence-corrected chi connectivity index (χ3v) is 10.7. The Hall–Kier alpha value is -5.02. The lowest BCUT2D eigenvalue weighted by atomic mass is 10.0. The van der Waals surface area contributed by atoms with Crippen LogP contribution in [0.5, 0.6) is 11.5 Å². The quantitative estimate of drug-likeness (QED) is 0.295. The van der Waals surface area contributed by atoms with Gasteiger partial charge in [0.25, 0.3) is 11.8 Å². The molecular formula is C36H38F2N8O5. The molecule has 1 N–H and O–H groups in total. The number of halogens is 2. The highest BCUT2D eigenvalue weighted by molar-refractivity contribution is 5.95. The zero-order chi connectivity index (χ0) is 35.3. The number of hydrogen-bond donors (Lipinski definition) is 1. The number of anilines is 2. The first kappa shape index (κ1) is 31.9. The summed E-state index contributed by atoms with van der Waals surface area (Å²) in [7, 11) is 2.03. The van der Waals surface area contributed by atoms with Crippen LogP contribution in [0, 0.1) is 11.6 Å². The summed E-state index contributed by atoms with van der Waals surface area (Å²) in [6, 6.07) is 2.30. The van der Waals surface area contributed by atoms with Crippen LogP contribution >= 0.6 is 0 Å². The van der Waals surface area contributed by atoms with Crippen molar-refractivity contribution in [2.24, 2.45) is 0 Å². The van der Waals surface area contributed by atoms with Gasteiger partial charge < -0.3 is 43.0 Å². The number of likely N-dealkylation sites (N-methyl/N-ethyl adjacent to an activating group) is 1. The van der Waals surface area contributed by atoms with Crippen molar-refractivity contribution in [1.29, 1.82) is 0 Å². The van der Waals surface area contributed by atoms with Crippen LogP contribution in [0.3, 0.4) is 0 Å². The van der Waals surface area contributed by atoms with Gasteiger partial charge in [-0.05, 0) is 40.0 Å². The standard InChI is InChI=1S/C36H38F2N8O5/c1-18-13-44(6-5-39-18)30-26(38)12-22-28-34(30)50-17-20(3)46(28)15-24(32(22)48)36-41-40-35(51-36)23-14-45-19(2)16-49-33-27(45)21(31(23)47)11-25(37)29(33)43-9-7-42(4)8-10-43/h11-12,14-15,18-20,39H,5-10,13,16-17H2,1-4H3/t18?,19-,20?/m1/s1. The van der Waals surface area contributed by atoms with Crippen molar-refractivity contribution in [3.63, 3.8) is 0 Å². The maximum atomic E-state index is 15.9. The van der Waals surface area contributed by atoms with E-state index in [4.69, 9.17) is 13.9 Å². The first-order valence-corrected chi connectivity index (χ1v) is 17.4. The number of piperazine rings is 2. The summed E-state index contributed by atoms with van der Waals surface area (Å²) in [6.07, 6.45) is 3.28. The van der Waals surface area contributed by atoms with Gasteiger partial charge in [-0.25, -0.2) is 8.78 Å². The van der Waals surface area contributed by atoms with E-state index in [1.807, 2.05) is 46.8 Å². The van der Waals surface area contributed by atoms with Crippen molar-refractivity contribution in [3.8, 4) is 34.4 Å². The fraction of sp³-hybridized carbons (Fsp3) is 0.444. The van der Waals surface area contributed by atoms with E-state index in [-0.39, 0.29) is 65.0 Å². The summed E-state index contributed by atoms with van der Waals surface area (Å²) in [6.45, 7) is 11.2. The Morgan fingerprint density at radius 2 is 1.25 bits per heavy atom. The Bertz CT molecular complexity index is 2360. The lowest BCUT2D eigenvalue weighted by Crippen LogP contribution is -2.49. The predicted molar refractivity (Wildman–Crippen MR) is 188 cm³/mol. The van der Waals surface area contributed by atoms with E-state index in [0.717, 1.165) is 13.1 Å². The molecule has 13 nitrogen and oxygen atoms in total. The van der Waals surface area contributed by atoms with E-state index in [0.29, 0.717) is 66.6 Å². The van der Waals surface area contributed by atoms with Gasteiger partial charge in [-0.1, -0.05) is 0 Å². The van der Waals surface area contributed by atoms with Crippen molar-refractivity contribution in [3.05, 3.63) is 56.6 Å². The van der Waals surface area contributed by atoms with Gasteiger partial charge in [-0.2, -0.15) is 0 Å². The van der Waals surface area contributed by atoms with Crippen molar-refractivity contribution in [1.82, 2.24) is 29.5 Å². The molecule has 3 atom stereocenters. The summed E-state index contributed by atoms with van der Waals surface area (Å²) in [4.78, 5) is 34.2. The van der Waals surface area contributed by atoms with E-state index >= 15 is 8.78 Å². The van der Waals surface area contributed by atoms with E-state index in [9.17, 15) is 9.59 Å². The fourth-order valence-electron chi connectivity index (χ4n) is 7.92. The summed E-state index contributed by atoms with van der Waals surface area (Å²) in [5, 5.41) is 12.0. The minimum atomic E-state index is -0.549. The van der Waals surface area contributed by atoms with Crippen molar-refractivity contribution >= 4 is 33.2 Å². The Labute approximate surface area is 290 Å². The van der Waals surface area contributed by atoms with E-state index in [1.165, 1.54) is 12.1 Å². The molecule has 7 heterocycles. The second-order valence-corrected chi connectivity index (χ2v) is 14.2. The van der Waals surface area contributed by atoms with Gasteiger partial charge in [0.2, 0.25) is 10.9 Å². The first-order valence-electron chi connectivity index (χ1n) is 17.4. The summed E-state index contributed by atoms with van der Waals surface area (Å²) < 4.78 is 54.0. The average molecular weight is 701 g/mol. The van der Waals surface area contributed by atoms with Crippen LogP contribution in [0.2, 0.25) is 0 Å². The Balaban J connectivity index is 1.16. The maximum absolute atomic E-state index is 15.9. The molecule has 0 spiro atoms. The van der Waals surface area contributed by atoms with Crippen LogP contribution in [0.15, 0.2) is 38.5 Å². The van der Waals surface area contributed by atoms with Crippen LogP contribution in [0.4, 0.5) is 20.2 Å². The molecular weight excluding hydrogens is 662 g/mol. The number of hydrogen-bond acceptors (Lipinski definition) is 11. The minimum absolute atomic E-state index is 0.0676. The molecule has 0 aliphatic carbocycles. The Morgan fingerprint density at radius 3 is 1.76 bits per heavy atom. The summed E-state index contributed by atoms with van der Waals surface area (Å²) in [5.74, 6) is -0.638. The number of nitrogens with one attached hydrogen (secondary N) is 1. The number of benzene rings is 2. The van der Waals surface area contributed by atoms with Gasteiger partial charge in [0, 0.05) is 64.2 Å². The molecule has 0 bridgehead atoms. The SMILES string of the molecule is CC1CN(c2c(F)cc3c(=O)c(-c4nnc(-c5cn6c7c(c(N8CCN(C)CC8)c(F)cc7c5=O)OC[C@H]6C)o4)cn4c3c2OCC4C)CCN1. The van der Waals surface area contributed by atoms with E-state index < -0.39 is 22.5 Å². The molecule has 5 aromatic rings. The summed E-state index contributed by atoms with van der Waals surface area (Å²) >= 11 is 0. The highest BCUT2D eigenvalue weighted by Gasteiger charge is 2.34. The molecule has 0 amide bonds. The molecule has 2 aromatic carbocycles. The molecule has 4 aliphatic heterocycles. The molecule has 2 fully saturated rings. The summed E-state index contributed by atoms with van der Waals surface area (Å²) in [5.41, 5.74) is 0.843. The highest BCUT2D eigenvalue weighted by atomic mass is 19.1. The zero-order valence-corrected chi connectivity index (χ0v) is 28.8. The maximum Gasteiger partial charge on any atom is 0.253 e. The molecule has 0 radical (unpaired) electrons. The van der Waals surface area contributed by atoms with Gasteiger partial charge >= 0.3 is 0 Å². The molecule has 15 heteroatoms. The highest BCUT2D eigenvalue weighted by Crippen LogP contribution is 2.44. The topological polar surface area (TPSA) is 123 Å². The van der Waals surface area contributed by atoms with Gasteiger partial charge in [-0.15, -0.1) is 10.2 Å². The van der Waals surface area contributed by atoms with Crippen molar-refractivity contribution in [2.75, 3.05) is 75.9 Å². The number of ether oxygens (including phenoxy) is 2. The molecule has 3 aromatic heterocycles. The smallest absolute Gasteiger partial charge is 0.253 e. The molecule has 2 saturated heterocycles. The third-order valence-electron chi connectivity index (χ3n) is 10.7. The molecule has 51 heavy (non-hydrogen) atoms. The normalized spacial score (nSPS) is 22.0. The number of nitrogens with zero attached hydrogens (tertiary/aromatic N) is 7. The first-order chi connectivity index (χ1) is 24.6. The second kappa shape index (κ2) is 11.8. The Kier molecular flexibility index (Phi) is 7.37. The molecule has 2 unspecified atom stereocenters. The lowest BCUT2D eigenvalue weighted by molar-refractivity contribution is 0.245. The number of rotatable bonds is 4. The van der Waals surface area contributed by atoms with Crippen LogP contribution in [-0.4, -0.2) is 96.3 Å².